The fourth-order valence-corrected chi connectivity index (χ4v) is 2.51. The lowest BCUT2D eigenvalue weighted by atomic mass is 10.1. The van der Waals surface area contributed by atoms with Crippen molar-refractivity contribution in [3.05, 3.63) is 64.3 Å². The molecular weight excluding hydrogens is 409 g/mol. The molecule has 28 heavy (non-hydrogen) atoms. The maximum Gasteiger partial charge on any atom is 0.227 e. The Morgan fingerprint density at radius 1 is 1.04 bits per heavy atom. The van der Waals surface area contributed by atoms with Gasteiger partial charge in [-0.3, -0.25) is 14.2 Å². The maximum atomic E-state index is 13.7. The fourth-order valence-electron chi connectivity index (χ4n) is 2.35. The number of hydrogen-bond acceptors (Lipinski definition) is 3. The van der Waals surface area contributed by atoms with Crippen LogP contribution in [0.1, 0.15) is 12.0 Å². The lowest BCUT2D eigenvalue weighted by molar-refractivity contribution is -0.116. The first kappa shape index (κ1) is 19.8. The highest BCUT2D eigenvalue weighted by Gasteiger charge is 2.25. The van der Waals surface area contributed by atoms with Crippen molar-refractivity contribution in [1.82, 2.24) is 19.6 Å². The number of hydrogen-bond donors (Lipinski definition) is 1. The van der Waals surface area contributed by atoms with Crippen molar-refractivity contribution < 1.29 is 26.7 Å². The van der Waals surface area contributed by atoms with Gasteiger partial charge in [-0.15, -0.1) is 0 Å². The van der Waals surface area contributed by atoms with Crippen LogP contribution in [-0.4, -0.2) is 25.5 Å². The molecule has 6 nitrogen and oxygen atoms in total. The standard InChI is InChI=1S/C16H11ClF5N5O/c17-8-5-23-26(6-8)4-2-11(28)24-10-1-3-27(25-10)7-9-12(18)14(20)16(22)15(21)13(9)19/h1,3,5-6H,2,4,7H2,(H,24,25,28). The smallest absolute Gasteiger partial charge is 0.227 e. The van der Waals surface area contributed by atoms with Gasteiger partial charge in [-0.2, -0.15) is 10.2 Å². The van der Waals surface area contributed by atoms with E-state index in [2.05, 4.69) is 15.5 Å². The number of aromatic nitrogens is 4. The SMILES string of the molecule is O=C(CCn1cc(Cl)cn1)Nc1ccn(Cc2c(F)c(F)c(F)c(F)c2F)n1. The van der Waals surface area contributed by atoms with Gasteiger partial charge < -0.3 is 5.32 Å². The van der Waals surface area contributed by atoms with Crippen molar-refractivity contribution in [2.24, 2.45) is 0 Å². The first-order chi connectivity index (χ1) is 13.3. The molecule has 0 unspecified atom stereocenters. The molecule has 148 valence electrons. The van der Waals surface area contributed by atoms with E-state index in [-0.39, 0.29) is 18.8 Å². The topological polar surface area (TPSA) is 64.7 Å². The van der Waals surface area contributed by atoms with Crippen molar-refractivity contribution in [3.63, 3.8) is 0 Å². The molecule has 1 N–H and O–H groups in total. The average Bonchev–Trinajstić information content (AvgIpc) is 3.29. The molecule has 0 aliphatic rings. The minimum absolute atomic E-state index is 0.0442. The number of nitrogens with zero attached hydrogens (tertiary/aromatic N) is 4. The molecule has 3 rings (SSSR count). The van der Waals surface area contributed by atoms with Gasteiger partial charge in [-0.1, -0.05) is 11.6 Å². The van der Waals surface area contributed by atoms with E-state index < -0.39 is 47.1 Å². The van der Waals surface area contributed by atoms with Gasteiger partial charge in [0.25, 0.3) is 0 Å². The Bertz CT molecular complexity index is 1010. The lowest BCUT2D eigenvalue weighted by Crippen LogP contribution is -2.16. The Morgan fingerprint density at radius 2 is 1.68 bits per heavy atom. The summed E-state index contributed by atoms with van der Waals surface area (Å²) >= 11 is 5.71. The zero-order valence-electron chi connectivity index (χ0n) is 13.9. The monoisotopic (exact) mass is 419 g/mol. The van der Waals surface area contributed by atoms with Crippen molar-refractivity contribution in [2.45, 2.75) is 19.5 Å². The molecule has 0 aliphatic heterocycles. The molecule has 0 aliphatic carbocycles. The molecule has 0 radical (unpaired) electrons. The minimum Gasteiger partial charge on any atom is -0.309 e. The fraction of sp³-hybridized carbons (Fsp3) is 0.188. The van der Waals surface area contributed by atoms with Crippen LogP contribution in [0.25, 0.3) is 0 Å². The van der Waals surface area contributed by atoms with Gasteiger partial charge in [0.2, 0.25) is 11.7 Å². The van der Waals surface area contributed by atoms with Crippen molar-refractivity contribution >= 4 is 23.3 Å². The predicted molar refractivity (Wildman–Crippen MR) is 88.0 cm³/mol. The molecule has 12 heteroatoms. The van der Waals surface area contributed by atoms with Crippen LogP contribution in [0.2, 0.25) is 5.02 Å². The summed E-state index contributed by atoms with van der Waals surface area (Å²) in [5.41, 5.74) is -1.03. The highest BCUT2D eigenvalue weighted by atomic mass is 35.5. The van der Waals surface area contributed by atoms with Gasteiger partial charge in [-0.05, 0) is 0 Å². The van der Waals surface area contributed by atoms with E-state index in [1.54, 1.807) is 0 Å². The summed E-state index contributed by atoms with van der Waals surface area (Å²) in [4.78, 5) is 11.9. The maximum absolute atomic E-state index is 13.7. The number of anilines is 1. The minimum atomic E-state index is -2.23. The second-order valence-corrected chi connectivity index (χ2v) is 6.10. The summed E-state index contributed by atoms with van der Waals surface area (Å²) in [6.07, 6.45) is 4.22. The second-order valence-electron chi connectivity index (χ2n) is 5.67. The number of benzene rings is 1. The third-order valence-electron chi connectivity index (χ3n) is 3.70. The number of carbonyl (C=O) groups excluding carboxylic acids is 1. The summed E-state index contributed by atoms with van der Waals surface area (Å²) in [5, 5.41) is 10.6. The normalized spacial score (nSPS) is 11.1. The van der Waals surface area contributed by atoms with E-state index in [9.17, 15) is 26.7 Å². The first-order valence-electron chi connectivity index (χ1n) is 7.78. The highest BCUT2D eigenvalue weighted by molar-refractivity contribution is 6.30. The van der Waals surface area contributed by atoms with Crippen molar-refractivity contribution in [3.8, 4) is 0 Å². The van der Waals surface area contributed by atoms with E-state index in [0.717, 1.165) is 4.68 Å². The highest BCUT2D eigenvalue weighted by Crippen LogP contribution is 2.23. The van der Waals surface area contributed by atoms with E-state index in [0.29, 0.717) is 5.02 Å². The van der Waals surface area contributed by atoms with Crippen LogP contribution in [0, 0.1) is 29.1 Å². The molecule has 1 aromatic carbocycles. The van der Waals surface area contributed by atoms with Crippen LogP contribution in [0.4, 0.5) is 27.8 Å². The first-order valence-corrected chi connectivity index (χ1v) is 8.15. The van der Waals surface area contributed by atoms with Crippen LogP contribution in [-0.2, 0) is 17.9 Å². The molecular formula is C16H11ClF5N5O. The lowest BCUT2D eigenvalue weighted by Gasteiger charge is -2.08. The van der Waals surface area contributed by atoms with E-state index in [1.807, 2.05) is 0 Å². The molecule has 0 spiro atoms. The second kappa shape index (κ2) is 7.97. The number of nitrogens with one attached hydrogen (secondary N) is 1. The van der Waals surface area contributed by atoms with Crippen molar-refractivity contribution in [2.75, 3.05) is 5.32 Å². The molecule has 2 aromatic heterocycles. The Morgan fingerprint density at radius 3 is 2.29 bits per heavy atom. The van der Waals surface area contributed by atoms with Crippen LogP contribution >= 0.6 is 11.6 Å². The number of carbonyl (C=O) groups is 1. The third-order valence-corrected chi connectivity index (χ3v) is 3.89. The van der Waals surface area contributed by atoms with Gasteiger partial charge >= 0.3 is 0 Å². The largest absolute Gasteiger partial charge is 0.309 e. The molecule has 3 aromatic rings. The molecule has 0 saturated heterocycles. The van der Waals surface area contributed by atoms with Gasteiger partial charge in [0.1, 0.15) is 0 Å². The van der Waals surface area contributed by atoms with Gasteiger partial charge in [0.05, 0.1) is 23.3 Å². The van der Waals surface area contributed by atoms with Crippen LogP contribution in [0.5, 0.6) is 0 Å². The van der Waals surface area contributed by atoms with Crippen LogP contribution in [0.3, 0.4) is 0 Å². The number of amides is 1. The summed E-state index contributed by atoms with van der Waals surface area (Å²) in [6.45, 7) is -0.461. The zero-order valence-corrected chi connectivity index (χ0v) is 14.7. The summed E-state index contributed by atoms with van der Waals surface area (Å²) in [5.74, 6) is -10.5. The van der Waals surface area contributed by atoms with E-state index >= 15 is 0 Å². The quantitative estimate of drug-likeness (QED) is 0.378. The molecule has 2 heterocycles. The van der Waals surface area contributed by atoms with E-state index in [1.165, 1.54) is 29.3 Å². The summed E-state index contributed by atoms with van der Waals surface area (Å²) in [7, 11) is 0. The Balaban J connectivity index is 1.65. The van der Waals surface area contributed by atoms with Gasteiger partial charge in [0.15, 0.2) is 29.1 Å². The van der Waals surface area contributed by atoms with Crippen molar-refractivity contribution in [1.29, 1.82) is 0 Å². The van der Waals surface area contributed by atoms with Gasteiger partial charge in [-0.25, -0.2) is 22.0 Å². The Hall–Kier alpha value is -2.95. The number of halogens is 6. The molecule has 1 amide bonds. The summed E-state index contributed by atoms with van der Waals surface area (Å²) < 4.78 is 69.4. The third kappa shape index (κ3) is 4.14. The van der Waals surface area contributed by atoms with Crippen LogP contribution < -0.4 is 5.32 Å². The zero-order chi connectivity index (χ0) is 20.4. The van der Waals surface area contributed by atoms with Crippen LogP contribution in [0.15, 0.2) is 24.7 Å². The Labute approximate surface area is 159 Å². The molecule has 0 saturated carbocycles. The summed E-state index contributed by atoms with van der Waals surface area (Å²) in [6, 6.07) is 1.31. The van der Waals surface area contributed by atoms with Gasteiger partial charge in [0, 0.05) is 31.4 Å². The number of rotatable bonds is 6. The number of aryl methyl sites for hydroxylation is 1. The Kier molecular flexibility index (Phi) is 5.63. The average molecular weight is 420 g/mol. The molecule has 0 atom stereocenters. The molecule has 0 bridgehead atoms. The van der Waals surface area contributed by atoms with E-state index in [4.69, 9.17) is 11.6 Å². The predicted octanol–water partition coefficient (Wildman–Crippen LogP) is 3.51. The molecule has 0 fully saturated rings.